The number of hydrogen-bond acceptors (Lipinski definition) is 3. The predicted octanol–water partition coefficient (Wildman–Crippen LogP) is 1.04. The van der Waals surface area contributed by atoms with Gasteiger partial charge in [-0.15, -0.1) is 0 Å². The minimum absolute atomic E-state index is 0.332. The van der Waals surface area contributed by atoms with E-state index in [1.807, 2.05) is 19.2 Å². The van der Waals surface area contributed by atoms with E-state index in [2.05, 4.69) is 10.6 Å². The Morgan fingerprint density at radius 2 is 2.00 bits per heavy atom. The molecule has 5 heteroatoms. The second kappa shape index (κ2) is 7.53. The molecule has 19 heavy (non-hydrogen) atoms. The third kappa shape index (κ3) is 4.37. The van der Waals surface area contributed by atoms with E-state index in [0.717, 1.165) is 18.5 Å². The number of hydrogen-bond donors (Lipinski definition) is 3. The molecule has 0 spiro atoms. The highest BCUT2D eigenvalue weighted by molar-refractivity contribution is 5.97. The van der Waals surface area contributed by atoms with E-state index in [4.69, 9.17) is 5.11 Å². The van der Waals surface area contributed by atoms with Crippen LogP contribution in [0.25, 0.3) is 0 Å². The number of carboxylic acid groups (broad SMARTS) is 1. The van der Waals surface area contributed by atoms with Crippen molar-refractivity contribution in [1.82, 2.24) is 10.6 Å². The van der Waals surface area contributed by atoms with Gasteiger partial charge in [0.05, 0.1) is 0 Å². The van der Waals surface area contributed by atoms with Crippen LogP contribution in [0.3, 0.4) is 0 Å². The molecule has 0 bridgehead atoms. The summed E-state index contributed by atoms with van der Waals surface area (Å²) in [4.78, 5) is 23.0. The summed E-state index contributed by atoms with van der Waals surface area (Å²) in [5.74, 6) is -1.34. The molecule has 1 aromatic carbocycles. The van der Waals surface area contributed by atoms with Crippen molar-refractivity contribution in [1.29, 1.82) is 0 Å². The molecule has 0 unspecified atom stereocenters. The maximum absolute atomic E-state index is 12.1. The number of carbonyl (C=O) groups excluding carboxylic acids is 1. The monoisotopic (exact) mass is 264 g/mol. The molecule has 0 heterocycles. The molecule has 3 N–H and O–H groups in total. The Labute approximate surface area is 113 Å². The van der Waals surface area contributed by atoms with Gasteiger partial charge in [-0.05, 0) is 38.1 Å². The lowest BCUT2D eigenvalue weighted by atomic mass is 10.0. The second-order valence-electron chi connectivity index (χ2n) is 4.28. The Morgan fingerprint density at radius 1 is 1.32 bits per heavy atom. The van der Waals surface area contributed by atoms with Gasteiger partial charge in [-0.25, -0.2) is 4.79 Å². The van der Waals surface area contributed by atoms with E-state index < -0.39 is 12.0 Å². The van der Waals surface area contributed by atoms with E-state index in [9.17, 15) is 9.59 Å². The Bertz CT molecular complexity index is 446. The van der Waals surface area contributed by atoms with Crippen LogP contribution in [0.4, 0.5) is 0 Å². The molecule has 0 aliphatic heterocycles. The van der Waals surface area contributed by atoms with Gasteiger partial charge in [-0.2, -0.15) is 0 Å². The SMILES string of the molecule is CC[C@H](NC(=O)c1ccccc1CCNC)C(=O)O. The van der Waals surface area contributed by atoms with Crippen molar-refractivity contribution in [3.8, 4) is 0 Å². The summed E-state index contributed by atoms with van der Waals surface area (Å²) >= 11 is 0. The highest BCUT2D eigenvalue weighted by Gasteiger charge is 2.19. The standard InChI is InChI=1S/C14H20N2O3/c1-3-12(14(18)19)16-13(17)11-7-5-4-6-10(11)8-9-15-2/h4-7,12,15H,3,8-9H2,1-2H3,(H,16,17)(H,18,19)/t12-/m0/s1. The van der Waals surface area contributed by atoms with E-state index in [1.165, 1.54) is 0 Å². The lowest BCUT2D eigenvalue weighted by molar-refractivity contribution is -0.139. The number of likely N-dealkylation sites (N-methyl/N-ethyl adjacent to an activating group) is 1. The molecule has 0 aliphatic rings. The summed E-state index contributed by atoms with van der Waals surface area (Å²) in [6, 6.07) is 6.41. The maximum atomic E-state index is 12.1. The van der Waals surface area contributed by atoms with Crippen LogP contribution < -0.4 is 10.6 Å². The maximum Gasteiger partial charge on any atom is 0.326 e. The lowest BCUT2D eigenvalue weighted by Gasteiger charge is -2.14. The van der Waals surface area contributed by atoms with Gasteiger partial charge in [0.25, 0.3) is 5.91 Å². The van der Waals surface area contributed by atoms with Gasteiger partial charge in [0, 0.05) is 5.56 Å². The fourth-order valence-electron chi connectivity index (χ4n) is 1.79. The fourth-order valence-corrected chi connectivity index (χ4v) is 1.79. The molecule has 104 valence electrons. The first-order valence-electron chi connectivity index (χ1n) is 6.36. The molecule has 1 rings (SSSR count). The minimum atomic E-state index is -1.01. The molecule has 0 saturated heterocycles. The summed E-state index contributed by atoms with van der Waals surface area (Å²) < 4.78 is 0. The summed E-state index contributed by atoms with van der Waals surface area (Å²) in [6.07, 6.45) is 1.09. The van der Waals surface area contributed by atoms with Gasteiger partial charge in [-0.3, -0.25) is 4.79 Å². The topological polar surface area (TPSA) is 78.4 Å². The normalized spacial score (nSPS) is 11.9. The Hall–Kier alpha value is -1.88. The molecule has 1 atom stereocenters. The lowest BCUT2D eigenvalue weighted by Crippen LogP contribution is -2.40. The zero-order valence-corrected chi connectivity index (χ0v) is 11.3. The summed E-state index contributed by atoms with van der Waals surface area (Å²) in [6.45, 7) is 2.49. The highest BCUT2D eigenvalue weighted by atomic mass is 16.4. The molecule has 0 aromatic heterocycles. The van der Waals surface area contributed by atoms with Crippen LogP contribution in [0, 0.1) is 0 Å². The van der Waals surface area contributed by atoms with Gasteiger partial charge in [0.1, 0.15) is 6.04 Å². The zero-order chi connectivity index (χ0) is 14.3. The summed E-state index contributed by atoms with van der Waals surface area (Å²) in [7, 11) is 1.85. The van der Waals surface area contributed by atoms with Crippen molar-refractivity contribution in [2.45, 2.75) is 25.8 Å². The van der Waals surface area contributed by atoms with Crippen LogP contribution in [0.15, 0.2) is 24.3 Å². The smallest absolute Gasteiger partial charge is 0.326 e. The number of rotatable bonds is 7. The van der Waals surface area contributed by atoms with Gasteiger partial charge in [0.2, 0.25) is 0 Å². The predicted molar refractivity (Wildman–Crippen MR) is 73.3 cm³/mol. The average molecular weight is 264 g/mol. The molecular weight excluding hydrogens is 244 g/mol. The van der Waals surface area contributed by atoms with Crippen LogP contribution in [-0.2, 0) is 11.2 Å². The molecule has 5 nitrogen and oxygen atoms in total. The third-order valence-electron chi connectivity index (χ3n) is 2.92. The van der Waals surface area contributed by atoms with Crippen molar-refractivity contribution in [3.63, 3.8) is 0 Å². The van der Waals surface area contributed by atoms with Crippen LogP contribution in [0.1, 0.15) is 29.3 Å². The molecule has 0 saturated carbocycles. The van der Waals surface area contributed by atoms with Crippen LogP contribution in [-0.4, -0.2) is 36.6 Å². The van der Waals surface area contributed by atoms with Gasteiger partial charge >= 0.3 is 5.97 Å². The number of carboxylic acids is 1. The number of carbonyl (C=O) groups is 2. The van der Waals surface area contributed by atoms with E-state index >= 15 is 0 Å². The molecular formula is C14H20N2O3. The van der Waals surface area contributed by atoms with Crippen molar-refractivity contribution in [2.75, 3.05) is 13.6 Å². The second-order valence-corrected chi connectivity index (χ2v) is 4.28. The van der Waals surface area contributed by atoms with Crippen molar-refractivity contribution in [2.24, 2.45) is 0 Å². The van der Waals surface area contributed by atoms with E-state index in [-0.39, 0.29) is 5.91 Å². The number of nitrogens with one attached hydrogen (secondary N) is 2. The molecule has 1 aromatic rings. The van der Waals surface area contributed by atoms with Gasteiger partial charge in [0.15, 0.2) is 0 Å². The average Bonchev–Trinajstić information content (AvgIpc) is 2.42. The molecule has 0 aliphatic carbocycles. The Kier molecular flexibility index (Phi) is 6.02. The first-order chi connectivity index (χ1) is 9.10. The summed E-state index contributed by atoms with van der Waals surface area (Å²) in [5.41, 5.74) is 1.45. The molecule has 0 fully saturated rings. The molecule has 0 radical (unpaired) electrons. The van der Waals surface area contributed by atoms with E-state index in [1.54, 1.807) is 19.1 Å². The van der Waals surface area contributed by atoms with Crippen molar-refractivity contribution >= 4 is 11.9 Å². The zero-order valence-electron chi connectivity index (χ0n) is 11.3. The first-order valence-corrected chi connectivity index (χ1v) is 6.36. The largest absolute Gasteiger partial charge is 0.480 e. The Morgan fingerprint density at radius 3 is 2.58 bits per heavy atom. The van der Waals surface area contributed by atoms with Crippen molar-refractivity contribution < 1.29 is 14.7 Å². The highest BCUT2D eigenvalue weighted by Crippen LogP contribution is 2.10. The van der Waals surface area contributed by atoms with Crippen LogP contribution in [0.5, 0.6) is 0 Å². The third-order valence-corrected chi connectivity index (χ3v) is 2.92. The summed E-state index contributed by atoms with van der Waals surface area (Å²) in [5, 5.41) is 14.5. The number of amides is 1. The van der Waals surface area contributed by atoms with Gasteiger partial charge < -0.3 is 15.7 Å². The Balaban J connectivity index is 2.83. The van der Waals surface area contributed by atoms with Crippen LogP contribution in [0.2, 0.25) is 0 Å². The number of benzene rings is 1. The van der Waals surface area contributed by atoms with Crippen LogP contribution >= 0.6 is 0 Å². The van der Waals surface area contributed by atoms with Gasteiger partial charge in [-0.1, -0.05) is 25.1 Å². The quantitative estimate of drug-likeness (QED) is 0.687. The first kappa shape index (κ1) is 15.2. The molecule has 1 amide bonds. The minimum Gasteiger partial charge on any atom is -0.480 e. The fraction of sp³-hybridized carbons (Fsp3) is 0.429. The van der Waals surface area contributed by atoms with E-state index in [0.29, 0.717) is 12.0 Å². The number of aliphatic carboxylic acids is 1. The van der Waals surface area contributed by atoms with Crippen molar-refractivity contribution in [3.05, 3.63) is 35.4 Å².